The van der Waals surface area contributed by atoms with Crippen LogP contribution in [0.1, 0.15) is 10.4 Å². The molecule has 0 spiro atoms. The molecule has 0 aliphatic heterocycles. The van der Waals surface area contributed by atoms with Crippen LogP contribution in [-0.4, -0.2) is 48.5 Å². The Balaban J connectivity index is 2.02. The summed E-state index contributed by atoms with van der Waals surface area (Å²) in [6.45, 7) is -1.73. The number of nitrogens with one attached hydrogen (secondary N) is 1. The molecule has 16 heteroatoms. The van der Waals surface area contributed by atoms with E-state index in [2.05, 4.69) is 9.72 Å². The molecular weight excluding hydrogens is 512 g/mol. The fourth-order valence-electron chi connectivity index (χ4n) is 1.88. The number of carbonyl (C=O) groups excluding carboxylic acids is 1. The third-order valence-corrected chi connectivity index (χ3v) is 5.12. The molecular formula is C16H12Cl2F5N3O5S. The molecule has 0 saturated heterocycles. The van der Waals surface area contributed by atoms with E-state index in [0.717, 1.165) is 12.3 Å². The minimum absolute atomic E-state index is 0.0829. The average Bonchev–Trinajstić information content (AvgIpc) is 2.72. The average molecular weight is 524 g/mol. The molecule has 2 rings (SSSR count). The number of alkyl halides is 5. The van der Waals surface area contributed by atoms with E-state index in [4.69, 9.17) is 27.9 Å². The van der Waals surface area contributed by atoms with E-state index in [1.54, 1.807) is 6.07 Å². The maximum Gasteiger partial charge on any atom is 0.340 e. The highest BCUT2D eigenvalue weighted by molar-refractivity contribution is 7.87. The van der Waals surface area contributed by atoms with Gasteiger partial charge in [0.2, 0.25) is 5.88 Å². The van der Waals surface area contributed by atoms with Crippen molar-refractivity contribution in [3.8, 4) is 11.6 Å². The van der Waals surface area contributed by atoms with Crippen molar-refractivity contribution in [1.29, 1.82) is 0 Å². The first-order chi connectivity index (χ1) is 14.8. The third-order valence-electron chi connectivity index (χ3n) is 3.38. The third kappa shape index (κ3) is 6.79. The van der Waals surface area contributed by atoms with E-state index in [9.17, 15) is 35.3 Å². The SMILES string of the molecule is O=C(NS(=O)(=O)N(F)C(Cl)Oc1cnc(OCC(F)(F)C(F)F)c(Cl)c1)c1ccccc1. The summed E-state index contributed by atoms with van der Waals surface area (Å²) in [5.74, 6) is -6.74. The molecule has 1 aromatic heterocycles. The van der Waals surface area contributed by atoms with E-state index in [1.165, 1.54) is 29.0 Å². The van der Waals surface area contributed by atoms with Crippen molar-refractivity contribution < 1.29 is 44.7 Å². The number of rotatable bonds is 10. The Morgan fingerprint density at radius 1 is 1.25 bits per heavy atom. The van der Waals surface area contributed by atoms with Crippen molar-refractivity contribution >= 4 is 39.3 Å². The quantitative estimate of drug-likeness (QED) is 0.167. The van der Waals surface area contributed by atoms with Crippen LogP contribution in [0.25, 0.3) is 0 Å². The molecule has 0 bridgehead atoms. The molecule has 1 aromatic carbocycles. The van der Waals surface area contributed by atoms with Crippen molar-refractivity contribution in [2.24, 2.45) is 0 Å². The normalized spacial score (nSPS) is 13.2. The summed E-state index contributed by atoms with van der Waals surface area (Å²) in [6, 6.07) is 7.83. The van der Waals surface area contributed by atoms with Crippen molar-refractivity contribution in [3.63, 3.8) is 0 Å². The van der Waals surface area contributed by atoms with Gasteiger partial charge in [0.25, 0.3) is 11.6 Å². The molecule has 0 radical (unpaired) electrons. The van der Waals surface area contributed by atoms with E-state index in [-0.39, 0.29) is 5.56 Å². The first-order valence-electron chi connectivity index (χ1n) is 8.16. The van der Waals surface area contributed by atoms with Gasteiger partial charge < -0.3 is 9.47 Å². The Kier molecular flexibility index (Phi) is 8.45. The van der Waals surface area contributed by atoms with Crippen molar-refractivity contribution in [2.45, 2.75) is 18.0 Å². The predicted octanol–water partition coefficient (Wildman–Crippen LogP) is 3.78. The summed E-state index contributed by atoms with van der Waals surface area (Å²) >= 11 is 11.2. The number of amides is 1. The van der Waals surface area contributed by atoms with Gasteiger partial charge in [-0.2, -0.15) is 17.2 Å². The van der Waals surface area contributed by atoms with Crippen LogP contribution in [0.4, 0.5) is 22.0 Å². The van der Waals surface area contributed by atoms with Crippen LogP contribution in [0.15, 0.2) is 42.6 Å². The molecule has 1 N–H and O–H groups in total. The van der Waals surface area contributed by atoms with Crippen LogP contribution in [0.2, 0.25) is 5.02 Å². The van der Waals surface area contributed by atoms with Gasteiger partial charge in [0.05, 0.1) is 6.20 Å². The molecule has 32 heavy (non-hydrogen) atoms. The van der Waals surface area contributed by atoms with Crippen LogP contribution < -0.4 is 14.2 Å². The number of aromatic nitrogens is 1. The second-order valence-electron chi connectivity index (χ2n) is 5.76. The van der Waals surface area contributed by atoms with Gasteiger partial charge in [-0.1, -0.05) is 41.4 Å². The van der Waals surface area contributed by atoms with Gasteiger partial charge in [0.1, 0.15) is 10.8 Å². The number of pyridine rings is 1. The Morgan fingerprint density at radius 2 is 1.88 bits per heavy atom. The fraction of sp³-hybridized carbons (Fsp3) is 0.250. The molecule has 1 atom stereocenters. The largest absolute Gasteiger partial charge is 0.470 e. The van der Waals surface area contributed by atoms with Gasteiger partial charge in [-0.25, -0.2) is 18.5 Å². The number of carbonyl (C=O) groups is 1. The second kappa shape index (κ2) is 10.5. The summed E-state index contributed by atoms with van der Waals surface area (Å²) in [5.41, 5.74) is -2.44. The summed E-state index contributed by atoms with van der Waals surface area (Å²) in [7, 11) is -5.10. The van der Waals surface area contributed by atoms with Gasteiger partial charge in [-0.05, 0) is 12.1 Å². The Labute approximate surface area is 187 Å². The summed E-state index contributed by atoms with van der Waals surface area (Å²) in [5, 5.41) is -0.512. The van der Waals surface area contributed by atoms with Crippen molar-refractivity contribution in [3.05, 3.63) is 53.2 Å². The first kappa shape index (κ1) is 25.8. The van der Waals surface area contributed by atoms with Crippen LogP contribution in [-0.2, 0) is 10.2 Å². The lowest BCUT2D eigenvalue weighted by atomic mass is 10.2. The summed E-state index contributed by atoms with van der Waals surface area (Å²) in [4.78, 5) is 15.3. The minimum atomic E-state index is -5.10. The van der Waals surface area contributed by atoms with Crippen LogP contribution in [0, 0.1) is 0 Å². The minimum Gasteiger partial charge on any atom is -0.470 e. The summed E-state index contributed by atoms with van der Waals surface area (Å²) < 4.78 is 97.8. The molecule has 1 unspecified atom stereocenters. The van der Waals surface area contributed by atoms with Crippen LogP contribution in [0.5, 0.6) is 11.6 Å². The number of nitrogens with zero attached hydrogens (tertiary/aromatic N) is 2. The van der Waals surface area contributed by atoms with Gasteiger partial charge in [0.15, 0.2) is 6.61 Å². The molecule has 0 saturated carbocycles. The topological polar surface area (TPSA) is 97.8 Å². The van der Waals surface area contributed by atoms with Gasteiger partial charge in [-0.15, -0.1) is 4.48 Å². The van der Waals surface area contributed by atoms with Gasteiger partial charge >= 0.3 is 22.6 Å². The highest BCUT2D eigenvalue weighted by atomic mass is 35.5. The Morgan fingerprint density at radius 3 is 2.44 bits per heavy atom. The Bertz CT molecular complexity index is 1050. The van der Waals surface area contributed by atoms with E-state index in [1.807, 2.05) is 0 Å². The van der Waals surface area contributed by atoms with Gasteiger partial charge in [-0.3, -0.25) is 4.79 Å². The maximum absolute atomic E-state index is 14.2. The lowest BCUT2D eigenvalue weighted by molar-refractivity contribution is -0.148. The molecule has 8 nitrogen and oxygen atoms in total. The molecule has 0 aliphatic rings. The van der Waals surface area contributed by atoms with Gasteiger partial charge in [0, 0.05) is 16.2 Å². The highest BCUT2D eigenvalue weighted by Gasteiger charge is 2.42. The van der Waals surface area contributed by atoms with Crippen LogP contribution >= 0.6 is 23.2 Å². The van der Waals surface area contributed by atoms with Crippen LogP contribution in [0.3, 0.4) is 0 Å². The monoisotopic (exact) mass is 523 g/mol. The molecule has 2 aromatic rings. The zero-order chi connectivity index (χ0) is 24.1. The smallest absolute Gasteiger partial charge is 0.340 e. The molecule has 1 amide bonds. The molecule has 0 aliphatic carbocycles. The number of hydrogen-bond acceptors (Lipinski definition) is 6. The Hall–Kier alpha value is -2.42. The summed E-state index contributed by atoms with van der Waals surface area (Å²) in [6.07, 6.45) is -3.26. The number of benzene rings is 1. The predicted molar refractivity (Wildman–Crippen MR) is 102 cm³/mol. The zero-order valence-corrected chi connectivity index (χ0v) is 17.7. The lowest BCUT2D eigenvalue weighted by Crippen LogP contribution is -2.44. The van der Waals surface area contributed by atoms with E-state index >= 15 is 0 Å². The molecule has 1 heterocycles. The van der Waals surface area contributed by atoms with Crippen molar-refractivity contribution in [1.82, 2.24) is 14.2 Å². The zero-order valence-electron chi connectivity index (χ0n) is 15.4. The maximum atomic E-state index is 14.2. The second-order valence-corrected chi connectivity index (χ2v) is 8.05. The number of hydrogen-bond donors (Lipinski definition) is 1. The molecule has 0 fully saturated rings. The van der Waals surface area contributed by atoms with E-state index in [0.29, 0.717) is 0 Å². The highest BCUT2D eigenvalue weighted by Crippen LogP contribution is 2.30. The first-order valence-corrected chi connectivity index (χ1v) is 10.4. The van der Waals surface area contributed by atoms with E-state index < -0.39 is 61.9 Å². The number of halogens is 7. The number of ether oxygens (including phenoxy) is 2. The molecule has 176 valence electrons. The standard InChI is InChI=1S/C16H12Cl2F5N3O5S/c17-11-6-10(7-24-13(11)30-8-16(21,22)14(19)20)31-15(18)26(23)32(28,29)25-12(27)9-4-2-1-3-5-9/h1-7,14-15H,8H2,(H,25,27). The van der Waals surface area contributed by atoms with Crippen molar-refractivity contribution in [2.75, 3.05) is 6.61 Å². The lowest BCUT2D eigenvalue weighted by Gasteiger charge is -2.19. The fourth-order valence-corrected chi connectivity index (χ4v) is 3.21.